The number of nitrogens with zero attached hydrogens (tertiary/aromatic N) is 2. The summed E-state index contributed by atoms with van der Waals surface area (Å²) < 4.78 is 7.07. The van der Waals surface area contributed by atoms with Crippen molar-refractivity contribution in [1.29, 1.82) is 0 Å². The first kappa shape index (κ1) is 17.9. The van der Waals surface area contributed by atoms with Gasteiger partial charge in [-0.2, -0.15) is 0 Å². The van der Waals surface area contributed by atoms with Crippen molar-refractivity contribution in [3.8, 4) is 11.5 Å². The molecule has 0 radical (unpaired) electrons. The maximum atomic E-state index is 13.3. The third-order valence-electron chi connectivity index (χ3n) is 5.17. The molecule has 1 saturated heterocycles. The molecule has 5 rings (SSSR count). The van der Waals surface area contributed by atoms with E-state index in [1.165, 1.54) is 4.70 Å². The Labute approximate surface area is 173 Å². The number of carbonyl (C=O) groups is 1. The summed E-state index contributed by atoms with van der Waals surface area (Å²) in [6.45, 7) is 0.753. The van der Waals surface area contributed by atoms with Gasteiger partial charge in [-0.1, -0.05) is 36.4 Å². The zero-order valence-corrected chi connectivity index (χ0v) is 16.6. The van der Waals surface area contributed by atoms with Gasteiger partial charge in [0.25, 0.3) is 5.91 Å². The van der Waals surface area contributed by atoms with E-state index in [9.17, 15) is 4.79 Å². The Morgan fingerprint density at radius 2 is 1.76 bits per heavy atom. The van der Waals surface area contributed by atoms with Crippen LogP contribution in [-0.2, 0) is 0 Å². The maximum absolute atomic E-state index is 13.3. The second-order valence-corrected chi connectivity index (χ2v) is 8.18. The maximum Gasteiger partial charge on any atom is 0.254 e. The van der Waals surface area contributed by atoms with Gasteiger partial charge in [0.05, 0.1) is 16.3 Å². The minimum atomic E-state index is 0.0327. The van der Waals surface area contributed by atoms with Gasteiger partial charge in [-0.3, -0.25) is 4.79 Å². The molecule has 1 aromatic heterocycles. The molecule has 1 fully saturated rings. The monoisotopic (exact) mass is 400 g/mol. The number of para-hydroxylation sites is 2. The van der Waals surface area contributed by atoms with Crippen LogP contribution >= 0.6 is 11.3 Å². The summed E-state index contributed by atoms with van der Waals surface area (Å²) in [5.74, 6) is 1.45. The highest BCUT2D eigenvalue weighted by Gasteiger charge is 2.32. The van der Waals surface area contributed by atoms with Gasteiger partial charge >= 0.3 is 0 Å². The molecule has 29 heavy (non-hydrogen) atoms. The van der Waals surface area contributed by atoms with Crippen molar-refractivity contribution in [2.45, 2.75) is 18.9 Å². The van der Waals surface area contributed by atoms with E-state index in [0.29, 0.717) is 11.3 Å². The number of benzene rings is 3. The number of carbonyl (C=O) groups excluding carboxylic acids is 1. The number of fused-ring (bicyclic) bond motifs is 1. The third-order valence-corrected chi connectivity index (χ3v) is 6.31. The molecule has 1 atom stereocenters. The lowest BCUT2D eigenvalue weighted by Gasteiger charge is -2.23. The molecule has 3 aromatic carbocycles. The number of hydrogen-bond acceptors (Lipinski definition) is 4. The van der Waals surface area contributed by atoms with E-state index in [-0.39, 0.29) is 11.9 Å². The van der Waals surface area contributed by atoms with Crippen LogP contribution in [-0.4, -0.2) is 22.3 Å². The van der Waals surface area contributed by atoms with E-state index in [2.05, 4.69) is 6.07 Å². The standard InChI is InChI=1S/C24H20N2O2S/c27-24(17-8-6-11-19(16-17)28-18-9-2-1-3-10-18)26-15-7-13-21(26)23-25-20-12-4-5-14-22(20)29-23/h1-6,8-12,14,16,21H,7,13,15H2/t21-/m0/s1. The number of thiazole rings is 1. The minimum absolute atomic E-state index is 0.0327. The number of hydrogen-bond donors (Lipinski definition) is 0. The fraction of sp³-hybridized carbons (Fsp3) is 0.167. The summed E-state index contributed by atoms with van der Waals surface area (Å²) in [4.78, 5) is 20.0. The molecule has 4 nitrogen and oxygen atoms in total. The smallest absolute Gasteiger partial charge is 0.254 e. The Morgan fingerprint density at radius 3 is 2.62 bits per heavy atom. The zero-order valence-electron chi connectivity index (χ0n) is 15.8. The number of likely N-dealkylation sites (tertiary alicyclic amines) is 1. The first-order chi connectivity index (χ1) is 14.3. The first-order valence-corrected chi connectivity index (χ1v) is 10.6. The van der Waals surface area contributed by atoms with Crippen molar-refractivity contribution >= 4 is 27.5 Å². The van der Waals surface area contributed by atoms with E-state index in [1.54, 1.807) is 11.3 Å². The van der Waals surface area contributed by atoms with Gasteiger partial charge in [-0.15, -0.1) is 11.3 Å². The molecule has 1 aliphatic rings. The van der Waals surface area contributed by atoms with Gasteiger partial charge in [0, 0.05) is 12.1 Å². The zero-order chi connectivity index (χ0) is 19.6. The predicted molar refractivity (Wildman–Crippen MR) is 116 cm³/mol. The molecule has 0 saturated carbocycles. The fourth-order valence-corrected chi connectivity index (χ4v) is 4.90. The molecule has 5 heteroatoms. The van der Waals surface area contributed by atoms with Crippen LogP contribution in [0.2, 0.25) is 0 Å². The van der Waals surface area contributed by atoms with E-state index < -0.39 is 0 Å². The SMILES string of the molecule is O=C(c1cccc(Oc2ccccc2)c1)N1CCC[C@H]1c1nc2ccccc2s1. The summed E-state index contributed by atoms with van der Waals surface area (Å²) in [5.41, 5.74) is 1.65. The molecule has 1 amide bonds. The summed E-state index contributed by atoms with van der Waals surface area (Å²) in [5, 5.41) is 1.02. The highest BCUT2D eigenvalue weighted by Crippen LogP contribution is 2.37. The van der Waals surface area contributed by atoms with Crippen LogP contribution < -0.4 is 4.74 Å². The van der Waals surface area contributed by atoms with Crippen molar-refractivity contribution in [3.63, 3.8) is 0 Å². The van der Waals surface area contributed by atoms with Crippen LogP contribution in [0.15, 0.2) is 78.9 Å². The molecule has 0 N–H and O–H groups in total. The lowest BCUT2D eigenvalue weighted by molar-refractivity contribution is 0.0735. The third kappa shape index (κ3) is 3.61. The Kier molecular flexibility index (Phi) is 4.74. The number of rotatable bonds is 4. The van der Waals surface area contributed by atoms with Crippen LogP contribution in [0.4, 0.5) is 0 Å². The average Bonchev–Trinajstić information content (AvgIpc) is 3.41. The van der Waals surface area contributed by atoms with Crippen LogP contribution in [0.5, 0.6) is 11.5 Å². The molecule has 0 aliphatic carbocycles. The Hall–Kier alpha value is -3.18. The first-order valence-electron chi connectivity index (χ1n) is 9.77. The predicted octanol–water partition coefficient (Wildman–Crippen LogP) is 6.07. The molecule has 0 unspecified atom stereocenters. The van der Waals surface area contributed by atoms with E-state index in [4.69, 9.17) is 9.72 Å². The Morgan fingerprint density at radius 1 is 0.966 bits per heavy atom. The molecular formula is C24H20N2O2S. The highest BCUT2D eigenvalue weighted by atomic mass is 32.1. The topological polar surface area (TPSA) is 42.4 Å². The van der Waals surface area contributed by atoms with Gasteiger partial charge in [0.2, 0.25) is 0 Å². The highest BCUT2D eigenvalue weighted by molar-refractivity contribution is 7.18. The van der Waals surface area contributed by atoms with Crippen LogP contribution in [0.3, 0.4) is 0 Å². The number of ether oxygens (including phenoxy) is 1. The second kappa shape index (κ2) is 7.68. The van der Waals surface area contributed by atoms with Crippen molar-refractivity contribution in [3.05, 3.63) is 89.4 Å². The normalized spacial score (nSPS) is 16.3. The lowest BCUT2D eigenvalue weighted by Crippen LogP contribution is -2.30. The van der Waals surface area contributed by atoms with Crippen LogP contribution in [0.25, 0.3) is 10.2 Å². The van der Waals surface area contributed by atoms with Crippen LogP contribution in [0.1, 0.15) is 34.2 Å². The molecule has 0 bridgehead atoms. The summed E-state index contributed by atoms with van der Waals surface area (Å²) >= 11 is 1.69. The van der Waals surface area contributed by atoms with Gasteiger partial charge in [-0.05, 0) is 55.3 Å². The van der Waals surface area contributed by atoms with Crippen molar-refractivity contribution in [2.24, 2.45) is 0 Å². The second-order valence-electron chi connectivity index (χ2n) is 7.12. The molecule has 0 spiro atoms. The summed E-state index contributed by atoms with van der Waals surface area (Å²) in [6.07, 6.45) is 1.94. The fourth-order valence-electron chi connectivity index (χ4n) is 3.78. The quantitative estimate of drug-likeness (QED) is 0.418. The van der Waals surface area contributed by atoms with Gasteiger partial charge in [0.15, 0.2) is 0 Å². The Bertz CT molecular complexity index is 1120. The lowest BCUT2D eigenvalue weighted by atomic mass is 10.1. The largest absolute Gasteiger partial charge is 0.457 e. The molecular weight excluding hydrogens is 380 g/mol. The summed E-state index contributed by atoms with van der Waals surface area (Å²) in [7, 11) is 0. The number of aromatic nitrogens is 1. The van der Waals surface area contributed by atoms with Crippen LogP contribution in [0, 0.1) is 0 Å². The number of amides is 1. The van der Waals surface area contributed by atoms with Gasteiger partial charge in [0.1, 0.15) is 16.5 Å². The van der Waals surface area contributed by atoms with Gasteiger partial charge in [-0.25, -0.2) is 4.98 Å². The average molecular weight is 401 g/mol. The van der Waals surface area contributed by atoms with E-state index in [1.807, 2.05) is 77.7 Å². The molecule has 144 valence electrons. The van der Waals surface area contributed by atoms with Crippen molar-refractivity contribution < 1.29 is 9.53 Å². The van der Waals surface area contributed by atoms with Gasteiger partial charge < -0.3 is 9.64 Å². The molecule has 4 aromatic rings. The minimum Gasteiger partial charge on any atom is -0.457 e. The summed E-state index contributed by atoms with van der Waals surface area (Å²) in [6, 6.07) is 25.2. The Balaban J connectivity index is 1.40. The molecule has 1 aliphatic heterocycles. The van der Waals surface area contributed by atoms with E-state index >= 15 is 0 Å². The van der Waals surface area contributed by atoms with E-state index in [0.717, 1.165) is 35.7 Å². The molecule has 2 heterocycles. The van der Waals surface area contributed by atoms with Crippen molar-refractivity contribution in [1.82, 2.24) is 9.88 Å². The van der Waals surface area contributed by atoms with Crippen molar-refractivity contribution in [2.75, 3.05) is 6.54 Å².